The lowest BCUT2D eigenvalue weighted by molar-refractivity contribution is -0.141. The summed E-state index contributed by atoms with van der Waals surface area (Å²) in [6.07, 6.45) is -0.730. The van der Waals surface area contributed by atoms with Crippen molar-refractivity contribution < 1.29 is 19.8 Å². The number of carboxylic acids is 1. The topological polar surface area (TPSA) is 89.9 Å². The molecule has 2 amide bonds. The third-order valence-corrected chi connectivity index (χ3v) is 4.01. The van der Waals surface area contributed by atoms with Crippen LogP contribution < -0.4 is 5.32 Å². The Kier molecular flexibility index (Phi) is 4.84. The van der Waals surface area contributed by atoms with E-state index in [2.05, 4.69) is 21.2 Å². The van der Waals surface area contributed by atoms with Crippen LogP contribution in [0.25, 0.3) is 0 Å². The van der Waals surface area contributed by atoms with Gasteiger partial charge in [0, 0.05) is 17.4 Å². The first kappa shape index (κ1) is 15.8. The van der Waals surface area contributed by atoms with Crippen LogP contribution in [0.1, 0.15) is 24.9 Å². The highest BCUT2D eigenvalue weighted by Crippen LogP contribution is 2.21. The van der Waals surface area contributed by atoms with Crippen molar-refractivity contribution in [2.24, 2.45) is 0 Å². The number of nitrogens with one attached hydrogen (secondary N) is 1. The zero-order valence-electron chi connectivity index (χ0n) is 11.5. The second-order valence-electron chi connectivity index (χ2n) is 5.12. The van der Waals surface area contributed by atoms with Crippen LogP contribution >= 0.6 is 15.9 Å². The summed E-state index contributed by atoms with van der Waals surface area (Å²) < 4.78 is 0.904. The molecule has 3 atom stereocenters. The molecular formula is C14H17BrN2O4. The first-order valence-corrected chi connectivity index (χ1v) is 7.41. The molecule has 1 aliphatic heterocycles. The van der Waals surface area contributed by atoms with Crippen molar-refractivity contribution in [3.8, 4) is 0 Å². The largest absolute Gasteiger partial charge is 0.480 e. The minimum atomic E-state index is -1.10. The quantitative estimate of drug-likeness (QED) is 0.769. The van der Waals surface area contributed by atoms with Crippen molar-refractivity contribution in [1.82, 2.24) is 10.2 Å². The van der Waals surface area contributed by atoms with Gasteiger partial charge in [-0.2, -0.15) is 0 Å². The number of likely N-dealkylation sites (tertiary alicyclic amines) is 1. The number of hydrogen-bond acceptors (Lipinski definition) is 3. The number of aliphatic carboxylic acids is 1. The van der Waals surface area contributed by atoms with Crippen LogP contribution in [0.3, 0.4) is 0 Å². The van der Waals surface area contributed by atoms with Gasteiger partial charge in [0.05, 0.1) is 12.1 Å². The monoisotopic (exact) mass is 356 g/mol. The van der Waals surface area contributed by atoms with Gasteiger partial charge in [0.15, 0.2) is 0 Å². The molecule has 1 unspecified atom stereocenters. The van der Waals surface area contributed by atoms with Crippen LogP contribution in [0.15, 0.2) is 28.7 Å². The van der Waals surface area contributed by atoms with Gasteiger partial charge in [-0.25, -0.2) is 9.59 Å². The molecule has 6 nitrogen and oxygen atoms in total. The van der Waals surface area contributed by atoms with Crippen LogP contribution in [0.4, 0.5) is 4.79 Å². The maximum absolute atomic E-state index is 12.2. The van der Waals surface area contributed by atoms with Gasteiger partial charge in [0.1, 0.15) is 6.04 Å². The highest BCUT2D eigenvalue weighted by atomic mass is 79.9. The molecule has 0 bridgehead atoms. The molecule has 7 heteroatoms. The fourth-order valence-electron chi connectivity index (χ4n) is 2.40. The molecule has 1 aliphatic rings. The van der Waals surface area contributed by atoms with E-state index >= 15 is 0 Å². The highest BCUT2D eigenvalue weighted by Gasteiger charge is 2.39. The molecule has 3 N–H and O–H groups in total. The molecule has 1 aromatic rings. The second kappa shape index (κ2) is 6.44. The Bertz CT molecular complexity index is 552. The lowest BCUT2D eigenvalue weighted by atomic mass is 10.1. The number of halogens is 1. The van der Waals surface area contributed by atoms with Crippen LogP contribution in [0.5, 0.6) is 0 Å². The molecule has 1 heterocycles. The van der Waals surface area contributed by atoms with Crippen molar-refractivity contribution in [3.05, 3.63) is 34.3 Å². The van der Waals surface area contributed by atoms with Gasteiger partial charge in [-0.3, -0.25) is 0 Å². The number of carbonyl (C=O) groups is 2. The van der Waals surface area contributed by atoms with Crippen LogP contribution in [0.2, 0.25) is 0 Å². The molecule has 1 fully saturated rings. The maximum atomic E-state index is 12.2. The van der Waals surface area contributed by atoms with Gasteiger partial charge in [-0.05, 0) is 24.6 Å². The van der Waals surface area contributed by atoms with Gasteiger partial charge < -0.3 is 20.4 Å². The first-order chi connectivity index (χ1) is 9.88. The second-order valence-corrected chi connectivity index (χ2v) is 6.04. The summed E-state index contributed by atoms with van der Waals surface area (Å²) in [5, 5.41) is 21.4. The van der Waals surface area contributed by atoms with Gasteiger partial charge >= 0.3 is 12.0 Å². The van der Waals surface area contributed by atoms with Crippen molar-refractivity contribution in [1.29, 1.82) is 0 Å². The van der Waals surface area contributed by atoms with Crippen molar-refractivity contribution in [2.45, 2.75) is 31.5 Å². The molecule has 21 heavy (non-hydrogen) atoms. The molecule has 0 aliphatic carbocycles. The standard InChI is InChI=1S/C14H17BrN2O4/c1-8(9-3-2-4-10(15)5-9)16-14(21)17-7-11(18)6-12(17)13(19)20/h2-5,8,11-12,18H,6-7H2,1H3,(H,16,21)(H,19,20)/t8?,11-,12-/m1/s1. The minimum Gasteiger partial charge on any atom is -0.480 e. The van der Waals surface area contributed by atoms with Crippen molar-refractivity contribution >= 4 is 27.9 Å². The number of urea groups is 1. The summed E-state index contributed by atoms with van der Waals surface area (Å²) in [6, 6.07) is 5.79. The number of aliphatic hydroxyl groups is 1. The lowest BCUT2D eigenvalue weighted by Crippen LogP contribution is -2.46. The number of hydrogen-bond donors (Lipinski definition) is 3. The van der Waals surface area contributed by atoms with E-state index < -0.39 is 24.1 Å². The fraction of sp³-hybridized carbons (Fsp3) is 0.429. The zero-order chi connectivity index (χ0) is 15.6. The molecule has 114 valence electrons. The van der Waals surface area contributed by atoms with Gasteiger partial charge in [0.25, 0.3) is 0 Å². The fourth-order valence-corrected chi connectivity index (χ4v) is 2.82. The first-order valence-electron chi connectivity index (χ1n) is 6.62. The predicted octanol–water partition coefficient (Wildman–Crippen LogP) is 1.74. The van der Waals surface area contributed by atoms with Crippen molar-refractivity contribution in [3.63, 3.8) is 0 Å². The van der Waals surface area contributed by atoms with E-state index in [4.69, 9.17) is 5.11 Å². The Morgan fingerprint density at radius 2 is 2.19 bits per heavy atom. The summed E-state index contributed by atoms with van der Waals surface area (Å²) >= 11 is 3.37. The predicted molar refractivity (Wildman–Crippen MR) is 79.8 cm³/mol. The number of nitrogens with zero attached hydrogens (tertiary/aromatic N) is 1. The van der Waals surface area contributed by atoms with Crippen molar-refractivity contribution in [2.75, 3.05) is 6.54 Å². The Hall–Kier alpha value is -1.60. The normalized spacial score (nSPS) is 22.9. The molecular weight excluding hydrogens is 340 g/mol. The van der Waals surface area contributed by atoms with Gasteiger partial charge in [0.2, 0.25) is 0 Å². The molecule has 0 aromatic heterocycles. The van der Waals surface area contributed by atoms with E-state index in [0.717, 1.165) is 10.0 Å². The molecule has 0 radical (unpaired) electrons. The molecule has 2 rings (SSSR count). The summed E-state index contributed by atoms with van der Waals surface area (Å²) in [4.78, 5) is 24.5. The third kappa shape index (κ3) is 3.74. The summed E-state index contributed by atoms with van der Waals surface area (Å²) in [6.45, 7) is 1.86. The van der Waals surface area contributed by atoms with E-state index in [9.17, 15) is 14.7 Å². The van der Waals surface area contributed by atoms with E-state index in [-0.39, 0.29) is 19.0 Å². The summed E-state index contributed by atoms with van der Waals surface area (Å²) in [5.41, 5.74) is 0.907. The van der Waals surface area contributed by atoms with E-state index in [1.165, 1.54) is 4.90 Å². The summed E-state index contributed by atoms with van der Waals surface area (Å²) in [5.74, 6) is -1.10. The van der Waals surface area contributed by atoms with E-state index in [1.807, 2.05) is 31.2 Å². The number of β-amino-alcohol motifs (C(OH)–C–C–N with tert-alkyl or cyclic N) is 1. The molecule has 0 spiro atoms. The lowest BCUT2D eigenvalue weighted by Gasteiger charge is -2.24. The van der Waals surface area contributed by atoms with Gasteiger partial charge in [-0.1, -0.05) is 28.1 Å². The summed E-state index contributed by atoms with van der Waals surface area (Å²) in [7, 11) is 0. The number of carbonyl (C=O) groups excluding carboxylic acids is 1. The van der Waals surface area contributed by atoms with Crippen LogP contribution in [0, 0.1) is 0 Å². The number of carboxylic acid groups (broad SMARTS) is 1. The number of aliphatic hydroxyl groups excluding tert-OH is 1. The average molecular weight is 357 g/mol. The SMILES string of the molecule is CC(NC(=O)N1C[C@H](O)C[C@@H]1C(=O)O)c1cccc(Br)c1. The smallest absolute Gasteiger partial charge is 0.326 e. The Morgan fingerprint density at radius 1 is 1.48 bits per heavy atom. The Balaban J connectivity index is 2.05. The Morgan fingerprint density at radius 3 is 2.81 bits per heavy atom. The zero-order valence-corrected chi connectivity index (χ0v) is 13.1. The maximum Gasteiger partial charge on any atom is 0.326 e. The number of rotatable bonds is 3. The minimum absolute atomic E-state index is 0.0357. The molecule has 1 aromatic carbocycles. The van der Waals surface area contributed by atoms with Crippen LogP contribution in [-0.4, -0.2) is 45.8 Å². The third-order valence-electron chi connectivity index (χ3n) is 3.51. The number of benzene rings is 1. The molecule has 0 saturated carbocycles. The van der Waals surface area contributed by atoms with E-state index in [1.54, 1.807) is 0 Å². The average Bonchev–Trinajstić information content (AvgIpc) is 2.81. The number of amides is 2. The Labute approximate surface area is 130 Å². The van der Waals surface area contributed by atoms with Gasteiger partial charge in [-0.15, -0.1) is 0 Å². The van der Waals surface area contributed by atoms with E-state index in [0.29, 0.717) is 0 Å². The molecule has 1 saturated heterocycles. The highest BCUT2D eigenvalue weighted by molar-refractivity contribution is 9.10. The van der Waals surface area contributed by atoms with Crippen LogP contribution in [-0.2, 0) is 4.79 Å².